The van der Waals surface area contributed by atoms with Crippen molar-refractivity contribution in [3.05, 3.63) is 18.5 Å². The lowest BCUT2D eigenvalue weighted by Gasteiger charge is -2.37. The minimum Gasteiger partial charge on any atom is -0.378 e. The van der Waals surface area contributed by atoms with Crippen LogP contribution in [0.5, 0.6) is 0 Å². The van der Waals surface area contributed by atoms with Crippen LogP contribution < -0.4 is 5.32 Å². The smallest absolute Gasteiger partial charge is 0.0951 e. The molecule has 0 amide bonds. The second kappa shape index (κ2) is 5.38. The minimum absolute atomic E-state index is 0.00160. The standard InChI is InChI=1S/C13H21N3O2/c1-4-15-16(6-1)7-5-14-12-2-8-18-13(10-12)3-9-17-11-13/h1,4,6,12,14H,2-3,5,7-11H2. The van der Waals surface area contributed by atoms with Crippen LogP contribution in [0.3, 0.4) is 0 Å². The molecule has 1 aromatic heterocycles. The number of rotatable bonds is 4. The Balaban J connectivity index is 1.45. The van der Waals surface area contributed by atoms with E-state index in [1.807, 2.05) is 23.1 Å². The number of ether oxygens (including phenoxy) is 2. The molecule has 1 aromatic rings. The molecule has 18 heavy (non-hydrogen) atoms. The summed E-state index contributed by atoms with van der Waals surface area (Å²) in [5.74, 6) is 0. The Morgan fingerprint density at radius 2 is 2.44 bits per heavy atom. The van der Waals surface area contributed by atoms with E-state index in [1.54, 1.807) is 0 Å². The summed E-state index contributed by atoms with van der Waals surface area (Å²) in [6.07, 6.45) is 7.04. The molecule has 0 aliphatic carbocycles. The Kier molecular flexibility index (Phi) is 3.63. The number of hydrogen-bond acceptors (Lipinski definition) is 4. The van der Waals surface area contributed by atoms with Gasteiger partial charge in [0.15, 0.2) is 0 Å². The molecule has 2 aliphatic heterocycles. The highest BCUT2D eigenvalue weighted by molar-refractivity contribution is 4.92. The lowest BCUT2D eigenvalue weighted by atomic mass is 9.90. The molecular weight excluding hydrogens is 230 g/mol. The topological polar surface area (TPSA) is 48.3 Å². The van der Waals surface area contributed by atoms with Crippen LogP contribution in [0.25, 0.3) is 0 Å². The average molecular weight is 251 g/mol. The van der Waals surface area contributed by atoms with Crippen LogP contribution in [0.2, 0.25) is 0 Å². The van der Waals surface area contributed by atoms with Crippen molar-refractivity contribution in [3.63, 3.8) is 0 Å². The van der Waals surface area contributed by atoms with Gasteiger partial charge >= 0.3 is 0 Å². The van der Waals surface area contributed by atoms with E-state index in [1.165, 1.54) is 0 Å². The van der Waals surface area contributed by atoms with Crippen molar-refractivity contribution >= 4 is 0 Å². The van der Waals surface area contributed by atoms with Crippen molar-refractivity contribution in [2.24, 2.45) is 0 Å². The van der Waals surface area contributed by atoms with Gasteiger partial charge in [-0.2, -0.15) is 5.10 Å². The normalized spacial score (nSPS) is 32.1. The maximum atomic E-state index is 5.93. The monoisotopic (exact) mass is 251 g/mol. The first kappa shape index (κ1) is 12.1. The summed E-state index contributed by atoms with van der Waals surface area (Å²) in [6.45, 7) is 4.35. The minimum atomic E-state index is 0.00160. The summed E-state index contributed by atoms with van der Waals surface area (Å²) in [7, 11) is 0. The zero-order valence-electron chi connectivity index (χ0n) is 10.7. The number of nitrogens with zero attached hydrogens (tertiary/aromatic N) is 2. The lowest BCUT2D eigenvalue weighted by Crippen LogP contribution is -2.48. The molecule has 0 saturated carbocycles. The second-order valence-electron chi connectivity index (χ2n) is 5.25. The molecule has 1 N–H and O–H groups in total. The van der Waals surface area contributed by atoms with E-state index in [0.29, 0.717) is 6.04 Å². The molecule has 0 bridgehead atoms. The molecule has 2 saturated heterocycles. The van der Waals surface area contributed by atoms with Gasteiger partial charge in [-0.3, -0.25) is 4.68 Å². The first-order chi connectivity index (χ1) is 8.86. The average Bonchev–Trinajstić information content (AvgIpc) is 3.02. The van der Waals surface area contributed by atoms with Crippen molar-refractivity contribution in [1.82, 2.24) is 15.1 Å². The Bertz CT molecular complexity index is 360. The summed E-state index contributed by atoms with van der Waals surface area (Å²) < 4.78 is 13.4. The van der Waals surface area contributed by atoms with Crippen molar-refractivity contribution in [3.8, 4) is 0 Å². The van der Waals surface area contributed by atoms with Gasteiger partial charge in [-0.25, -0.2) is 0 Å². The van der Waals surface area contributed by atoms with Gasteiger partial charge < -0.3 is 14.8 Å². The fraction of sp³-hybridized carbons (Fsp3) is 0.769. The van der Waals surface area contributed by atoms with E-state index < -0.39 is 0 Å². The van der Waals surface area contributed by atoms with E-state index in [-0.39, 0.29) is 5.60 Å². The molecule has 100 valence electrons. The maximum Gasteiger partial charge on any atom is 0.0951 e. The Morgan fingerprint density at radius 3 is 3.22 bits per heavy atom. The van der Waals surface area contributed by atoms with Gasteiger partial charge in [0, 0.05) is 44.6 Å². The predicted octanol–water partition coefficient (Wildman–Crippen LogP) is 0.811. The summed E-state index contributed by atoms with van der Waals surface area (Å²) in [4.78, 5) is 0. The SMILES string of the molecule is c1cnn(CCNC2CCOC3(CCOC3)C2)c1. The quantitative estimate of drug-likeness (QED) is 0.860. The maximum absolute atomic E-state index is 5.93. The number of aromatic nitrogens is 2. The van der Waals surface area contributed by atoms with E-state index in [9.17, 15) is 0 Å². The van der Waals surface area contributed by atoms with Gasteiger partial charge in [-0.15, -0.1) is 0 Å². The number of nitrogens with one attached hydrogen (secondary N) is 1. The van der Waals surface area contributed by atoms with Crippen LogP contribution in [0, 0.1) is 0 Å². The fourth-order valence-electron chi connectivity index (χ4n) is 2.88. The number of hydrogen-bond donors (Lipinski definition) is 1. The molecule has 2 unspecified atom stereocenters. The Hall–Kier alpha value is -0.910. The second-order valence-corrected chi connectivity index (χ2v) is 5.25. The van der Waals surface area contributed by atoms with Crippen molar-refractivity contribution < 1.29 is 9.47 Å². The van der Waals surface area contributed by atoms with Crippen LogP contribution in [0.1, 0.15) is 19.3 Å². The molecule has 2 fully saturated rings. The molecule has 1 spiro atoms. The van der Waals surface area contributed by atoms with E-state index >= 15 is 0 Å². The largest absolute Gasteiger partial charge is 0.378 e. The molecule has 0 radical (unpaired) electrons. The van der Waals surface area contributed by atoms with Crippen LogP contribution in [0.4, 0.5) is 0 Å². The van der Waals surface area contributed by atoms with Crippen LogP contribution in [-0.2, 0) is 16.0 Å². The molecule has 3 heterocycles. The van der Waals surface area contributed by atoms with Gasteiger partial charge in [0.25, 0.3) is 0 Å². The Morgan fingerprint density at radius 1 is 1.44 bits per heavy atom. The van der Waals surface area contributed by atoms with Gasteiger partial charge in [0.2, 0.25) is 0 Å². The molecule has 3 rings (SSSR count). The highest BCUT2D eigenvalue weighted by atomic mass is 16.6. The third-order valence-electron chi connectivity index (χ3n) is 3.89. The van der Waals surface area contributed by atoms with E-state index in [0.717, 1.165) is 52.2 Å². The molecule has 5 nitrogen and oxygen atoms in total. The van der Waals surface area contributed by atoms with Crippen molar-refractivity contribution in [2.45, 2.75) is 37.5 Å². The van der Waals surface area contributed by atoms with Crippen LogP contribution in [0.15, 0.2) is 18.5 Å². The van der Waals surface area contributed by atoms with Crippen molar-refractivity contribution in [2.75, 3.05) is 26.4 Å². The Labute approximate surface area is 107 Å². The van der Waals surface area contributed by atoms with E-state index in [4.69, 9.17) is 9.47 Å². The van der Waals surface area contributed by atoms with Gasteiger partial charge in [0.1, 0.15) is 0 Å². The predicted molar refractivity (Wildman–Crippen MR) is 67.4 cm³/mol. The van der Waals surface area contributed by atoms with Crippen LogP contribution in [-0.4, -0.2) is 47.8 Å². The summed E-state index contributed by atoms with van der Waals surface area (Å²) >= 11 is 0. The third-order valence-corrected chi connectivity index (χ3v) is 3.89. The highest BCUT2D eigenvalue weighted by Crippen LogP contribution is 2.32. The fourth-order valence-corrected chi connectivity index (χ4v) is 2.88. The zero-order chi connectivity index (χ0) is 12.3. The van der Waals surface area contributed by atoms with Crippen LogP contribution >= 0.6 is 0 Å². The first-order valence-corrected chi connectivity index (χ1v) is 6.79. The first-order valence-electron chi connectivity index (χ1n) is 6.79. The molecule has 2 aliphatic rings. The van der Waals surface area contributed by atoms with Crippen molar-refractivity contribution in [1.29, 1.82) is 0 Å². The van der Waals surface area contributed by atoms with Gasteiger partial charge in [0.05, 0.1) is 18.8 Å². The third kappa shape index (κ3) is 2.74. The summed E-state index contributed by atoms with van der Waals surface area (Å²) in [6, 6.07) is 2.51. The molecule has 5 heteroatoms. The molecule has 0 aromatic carbocycles. The highest BCUT2D eigenvalue weighted by Gasteiger charge is 2.40. The molecule has 2 atom stereocenters. The summed E-state index contributed by atoms with van der Waals surface area (Å²) in [5, 5.41) is 7.82. The molecular formula is C13H21N3O2. The zero-order valence-corrected chi connectivity index (χ0v) is 10.7. The van der Waals surface area contributed by atoms with Gasteiger partial charge in [-0.05, 0) is 18.9 Å². The summed E-state index contributed by atoms with van der Waals surface area (Å²) in [5.41, 5.74) is 0.00160. The van der Waals surface area contributed by atoms with Gasteiger partial charge in [-0.1, -0.05) is 0 Å². The van der Waals surface area contributed by atoms with E-state index in [2.05, 4.69) is 10.4 Å². The lowest BCUT2D eigenvalue weighted by molar-refractivity contribution is -0.0892.